The molecule has 0 unspecified atom stereocenters. The molecule has 0 bridgehead atoms. The van der Waals surface area contributed by atoms with Gasteiger partial charge >= 0.3 is 0 Å². The lowest BCUT2D eigenvalue weighted by molar-refractivity contribution is 0.0942. The summed E-state index contributed by atoms with van der Waals surface area (Å²) in [5.41, 5.74) is 0.623. The van der Waals surface area contributed by atoms with E-state index in [0.29, 0.717) is 17.2 Å². The zero-order valence-corrected chi connectivity index (χ0v) is 16.8. The van der Waals surface area contributed by atoms with Gasteiger partial charge in [0.15, 0.2) is 0 Å². The summed E-state index contributed by atoms with van der Waals surface area (Å²) in [4.78, 5) is 24.6. The molecule has 0 saturated heterocycles. The second-order valence-corrected chi connectivity index (χ2v) is 6.30. The van der Waals surface area contributed by atoms with E-state index in [0.717, 1.165) is 5.56 Å². The average Bonchev–Trinajstić information content (AvgIpc) is 2.79. The summed E-state index contributed by atoms with van der Waals surface area (Å²) in [6.45, 7) is 0.718. The average molecular weight is 409 g/mol. The van der Waals surface area contributed by atoms with Gasteiger partial charge in [-0.1, -0.05) is 18.2 Å². The van der Waals surface area contributed by atoms with Crippen molar-refractivity contribution in [2.45, 2.75) is 13.1 Å². The Kier molecular flexibility index (Phi) is 7.05. The fourth-order valence-corrected chi connectivity index (χ4v) is 2.76. The van der Waals surface area contributed by atoms with Crippen molar-refractivity contribution in [3.8, 4) is 17.2 Å². The first-order valence-corrected chi connectivity index (χ1v) is 9.36. The molecule has 8 nitrogen and oxygen atoms in total. The second kappa shape index (κ2) is 10.1. The number of methoxy groups -OCH3 is 2. The molecule has 0 aliphatic rings. The number of hydrogen-bond donors (Lipinski definition) is 1. The van der Waals surface area contributed by atoms with Crippen LogP contribution in [0, 0.1) is 0 Å². The normalized spacial score (nSPS) is 10.3. The number of carbonyl (C=O) groups excluding carboxylic acids is 1. The van der Waals surface area contributed by atoms with Gasteiger partial charge in [-0.3, -0.25) is 9.59 Å². The standard InChI is InChI=1S/C22H23N3O5/c1-28-18-9-8-16(20(14-18)29-2)15-23-22(27)19-10-11-21(26)25(24-19)12-13-30-17-6-4-3-5-7-17/h3-11,14H,12-13,15H2,1-2H3,(H,23,27). The lowest BCUT2D eigenvalue weighted by atomic mass is 10.2. The minimum atomic E-state index is -0.398. The topological polar surface area (TPSA) is 91.7 Å². The molecule has 0 fully saturated rings. The van der Waals surface area contributed by atoms with Gasteiger partial charge in [-0.15, -0.1) is 0 Å². The van der Waals surface area contributed by atoms with Gasteiger partial charge in [-0.2, -0.15) is 5.10 Å². The number of amides is 1. The van der Waals surface area contributed by atoms with Gasteiger partial charge < -0.3 is 19.5 Å². The van der Waals surface area contributed by atoms with E-state index in [-0.39, 0.29) is 30.9 Å². The largest absolute Gasteiger partial charge is 0.497 e. The van der Waals surface area contributed by atoms with Crippen molar-refractivity contribution in [2.24, 2.45) is 0 Å². The number of rotatable bonds is 9. The van der Waals surface area contributed by atoms with Crippen LogP contribution in [0.4, 0.5) is 0 Å². The van der Waals surface area contributed by atoms with Crippen LogP contribution in [0.2, 0.25) is 0 Å². The number of nitrogens with zero attached hydrogens (tertiary/aromatic N) is 2. The van der Waals surface area contributed by atoms with Gasteiger partial charge in [0, 0.05) is 24.2 Å². The van der Waals surface area contributed by atoms with Crippen LogP contribution in [-0.2, 0) is 13.1 Å². The van der Waals surface area contributed by atoms with E-state index >= 15 is 0 Å². The number of benzene rings is 2. The van der Waals surface area contributed by atoms with Crippen molar-refractivity contribution >= 4 is 5.91 Å². The minimum Gasteiger partial charge on any atom is -0.497 e. The Morgan fingerprint density at radius 1 is 1.00 bits per heavy atom. The fraction of sp³-hybridized carbons (Fsp3) is 0.227. The molecule has 0 atom stereocenters. The zero-order chi connectivity index (χ0) is 21.3. The Hall–Kier alpha value is -3.81. The van der Waals surface area contributed by atoms with Crippen LogP contribution in [0.15, 0.2) is 65.5 Å². The summed E-state index contributed by atoms with van der Waals surface area (Å²) in [6, 6.07) is 17.3. The van der Waals surface area contributed by atoms with E-state index in [2.05, 4.69) is 10.4 Å². The first-order chi connectivity index (χ1) is 14.6. The quantitative estimate of drug-likeness (QED) is 0.583. The number of nitrogens with one attached hydrogen (secondary N) is 1. The maximum atomic E-state index is 12.5. The Labute approximate surface area is 174 Å². The minimum absolute atomic E-state index is 0.141. The molecular formula is C22H23N3O5. The van der Waals surface area contributed by atoms with E-state index in [9.17, 15) is 9.59 Å². The van der Waals surface area contributed by atoms with Crippen molar-refractivity contribution in [3.63, 3.8) is 0 Å². The number of ether oxygens (including phenoxy) is 3. The molecule has 0 spiro atoms. The maximum absolute atomic E-state index is 12.5. The zero-order valence-electron chi connectivity index (χ0n) is 16.8. The predicted molar refractivity (Wildman–Crippen MR) is 111 cm³/mol. The number of aromatic nitrogens is 2. The lowest BCUT2D eigenvalue weighted by Gasteiger charge is -2.12. The molecule has 2 aromatic carbocycles. The Bertz CT molecular complexity index is 1050. The first kappa shape index (κ1) is 20.9. The molecule has 1 amide bonds. The molecule has 1 aromatic heterocycles. The number of carbonyl (C=O) groups is 1. The SMILES string of the molecule is COc1ccc(CNC(=O)c2ccc(=O)n(CCOc3ccccc3)n2)c(OC)c1. The molecule has 8 heteroatoms. The summed E-state index contributed by atoms with van der Waals surface area (Å²) in [5.74, 6) is 1.57. The summed E-state index contributed by atoms with van der Waals surface area (Å²) in [6.07, 6.45) is 0. The fourth-order valence-electron chi connectivity index (χ4n) is 2.76. The monoisotopic (exact) mass is 409 g/mol. The van der Waals surface area contributed by atoms with Crippen molar-refractivity contribution in [3.05, 3.63) is 82.3 Å². The van der Waals surface area contributed by atoms with Crippen LogP contribution in [-0.4, -0.2) is 36.5 Å². The predicted octanol–water partition coefficient (Wildman–Crippen LogP) is 2.27. The van der Waals surface area contributed by atoms with Crippen molar-refractivity contribution < 1.29 is 19.0 Å². The van der Waals surface area contributed by atoms with E-state index in [1.165, 1.54) is 16.8 Å². The second-order valence-electron chi connectivity index (χ2n) is 6.30. The molecule has 0 saturated carbocycles. The van der Waals surface area contributed by atoms with Gasteiger partial charge in [0.25, 0.3) is 11.5 Å². The van der Waals surface area contributed by atoms with Crippen LogP contribution >= 0.6 is 0 Å². The third-order valence-corrected chi connectivity index (χ3v) is 4.35. The molecule has 0 aliphatic carbocycles. The van der Waals surface area contributed by atoms with E-state index in [1.54, 1.807) is 26.4 Å². The van der Waals surface area contributed by atoms with Crippen LogP contribution in [0.5, 0.6) is 17.2 Å². The van der Waals surface area contributed by atoms with Crippen LogP contribution < -0.4 is 25.1 Å². The number of hydrogen-bond acceptors (Lipinski definition) is 6. The van der Waals surface area contributed by atoms with Crippen molar-refractivity contribution in [1.29, 1.82) is 0 Å². The van der Waals surface area contributed by atoms with E-state index < -0.39 is 5.91 Å². The van der Waals surface area contributed by atoms with E-state index in [1.807, 2.05) is 36.4 Å². The highest BCUT2D eigenvalue weighted by Gasteiger charge is 2.12. The molecule has 30 heavy (non-hydrogen) atoms. The highest BCUT2D eigenvalue weighted by Crippen LogP contribution is 2.24. The van der Waals surface area contributed by atoms with Crippen LogP contribution in [0.25, 0.3) is 0 Å². The smallest absolute Gasteiger partial charge is 0.271 e. The maximum Gasteiger partial charge on any atom is 0.271 e. The van der Waals surface area contributed by atoms with Gasteiger partial charge in [0.05, 0.1) is 20.8 Å². The summed E-state index contributed by atoms with van der Waals surface area (Å²) in [5, 5.41) is 6.93. The Morgan fingerprint density at radius 3 is 2.53 bits per heavy atom. The molecule has 1 heterocycles. The van der Waals surface area contributed by atoms with Crippen LogP contribution in [0.1, 0.15) is 16.1 Å². The van der Waals surface area contributed by atoms with Crippen LogP contribution in [0.3, 0.4) is 0 Å². The summed E-state index contributed by atoms with van der Waals surface area (Å²) in [7, 11) is 3.12. The van der Waals surface area contributed by atoms with E-state index in [4.69, 9.17) is 14.2 Å². The molecule has 156 valence electrons. The number of para-hydroxylation sites is 1. The highest BCUT2D eigenvalue weighted by molar-refractivity contribution is 5.92. The highest BCUT2D eigenvalue weighted by atomic mass is 16.5. The summed E-state index contributed by atoms with van der Waals surface area (Å²) < 4.78 is 17.3. The van der Waals surface area contributed by atoms with Gasteiger partial charge in [0.2, 0.25) is 0 Å². The Balaban J connectivity index is 1.62. The van der Waals surface area contributed by atoms with Gasteiger partial charge in [0.1, 0.15) is 29.5 Å². The lowest BCUT2D eigenvalue weighted by Crippen LogP contribution is -2.30. The molecule has 3 rings (SSSR count). The summed E-state index contributed by atoms with van der Waals surface area (Å²) >= 11 is 0. The molecular weight excluding hydrogens is 386 g/mol. The van der Waals surface area contributed by atoms with Gasteiger partial charge in [-0.05, 0) is 30.3 Å². The van der Waals surface area contributed by atoms with Crippen molar-refractivity contribution in [2.75, 3.05) is 20.8 Å². The van der Waals surface area contributed by atoms with Crippen molar-refractivity contribution in [1.82, 2.24) is 15.1 Å². The first-order valence-electron chi connectivity index (χ1n) is 9.36. The third-order valence-electron chi connectivity index (χ3n) is 4.35. The third kappa shape index (κ3) is 5.38. The molecule has 1 N–H and O–H groups in total. The Morgan fingerprint density at radius 2 is 1.80 bits per heavy atom. The molecule has 0 aliphatic heterocycles. The molecule has 0 radical (unpaired) electrons. The molecule has 3 aromatic rings. The van der Waals surface area contributed by atoms with Gasteiger partial charge in [-0.25, -0.2) is 4.68 Å².